The maximum absolute atomic E-state index is 6.31. The highest BCUT2D eigenvalue weighted by Gasteiger charge is 2.42. The highest BCUT2D eigenvalue weighted by atomic mass is 35.5. The number of hydrogen-bond donors (Lipinski definition) is 1. The fourth-order valence-corrected chi connectivity index (χ4v) is 3.64. The number of pyridine rings is 1. The molecule has 6 heteroatoms. The molecule has 1 saturated heterocycles. The van der Waals surface area contributed by atoms with Crippen molar-refractivity contribution in [2.75, 3.05) is 24.5 Å². The predicted octanol–water partition coefficient (Wildman–Crippen LogP) is 3.57. The van der Waals surface area contributed by atoms with Crippen molar-refractivity contribution in [2.24, 2.45) is 0 Å². The van der Waals surface area contributed by atoms with Crippen LogP contribution in [0.5, 0.6) is 11.5 Å². The number of hydrogen-bond acceptors (Lipinski definition) is 5. The first-order valence-corrected chi connectivity index (χ1v) is 9.09. The Morgan fingerprint density at radius 3 is 2.96 bits per heavy atom. The van der Waals surface area contributed by atoms with Crippen molar-refractivity contribution in [3.8, 4) is 11.5 Å². The van der Waals surface area contributed by atoms with Crippen LogP contribution in [0.2, 0.25) is 5.02 Å². The van der Waals surface area contributed by atoms with E-state index >= 15 is 0 Å². The molecule has 2 aliphatic rings. The molecule has 5 nitrogen and oxygen atoms in total. The Hall–Kier alpha value is -1.98. The second-order valence-electron chi connectivity index (χ2n) is 6.58. The molecular weight excluding hydrogens is 338 g/mol. The molecule has 4 rings (SSSR count). The molecule has 3 heterocycles. The third-order valence-electron chi connectivity index (χ3n) is 4.88. The Morgan fingerprint density at radius 1 is 1.32 bits per heavy atom. The molecule has 132 valence electrons. The Morgan fingerprint density at radius 2 is 2.20 bits per heavy atom. The first-order chi connectivity index (χ1) is 12.1. The molecule has 2 aliphatic heterocycles. The average Bonchev–Trinajstić information content (AvgIpc) is 2.99. The molecule has 1 N–H and O–H groups in total. The van der Waals surface area contributed by atoms with Crippen LogP contribution in [0.3, 0.4) is 0 Å². The van der Waals surface area contributed by atoms with E-state index in [1.165, 1.54) is 0 Å². The summed E-state index contributed by atoms with van der Waals surface area (Å²) in [6.45, 7) is 7.01. The van der Waals surface area contributed by atoms with Gasteiger partial charge in [0.1, 0.15) is 5.69 Å². The first kappa shape index (κ1) is 16.5. The van der Waals surface area contributed by atoms with E-state index in [0.717, 1.165) is 43.2 Å². The topological polar surface area (TPSA) is 46.6 Å². The lowest BCUT2D eigenvalue weighted by Gasteiger charge is -2.38. The molecule has 0 radical (unpaired) electrons. The van der Waals surface area contributed by atoms with Gasteiger partial charge in [-0.25, -0.2) is 0 Å². The lowest BCUT2D eigenvalue weighted by atomic mass is 10.1. The quantitative estimate of drug-likeness (QED) is 0.907. The van der Waals surface area contributed by atoms with Crippen LogP contribution >= 0.6 is 11.6 Å². The minimum atomic E-state index is -0.946. The van der Waals surface area contributed by atoms with Crippen molar-refractivity contribution in [1.29, 1.82) is 0 Å². The maximum atomic E-state index is 6.31. The Balaban J connectivity index is 1.68. The summed E-state index contributed by atoms with van der Waals surface area (Å²) in [4.78, 5) is 6.80. The SMILES string of the molecule is CCC1CNCCN1c1cccc2c1OC(C)(c1ccc(Cl)cn1)O2. The van der Waals surface area contributed by atoms with Gasteiger partial charge in [-0.05, 0) is 30.7 Å². The Bertz CT molecular complexity index is 768. The van der Waals surface area contributed by atoms with Gasteiger partial charge in [-0.1, -0.05) is 24.6 Å². The smallest absolute Gasteiger partial charge is 0.292 e. The monoisotopic (exact) mass is 359 g/mol. The highest BCUT2D eigenvalue weighted by molar-refractivity contribution is 6.30. The number of rotatable bonds is 3. The molecule has 1 aromatic heterocycles. The normalized spacial score (nSPS) is 25.2. The van der Waals surface area contributed by atoms with Crippen LogP contribution < -0.4 is 19.7 Å². The van der Waals surface area contributed by atoms with E-state index in [9.17, 15) is 0 Å². The maximum Gasteiger partial charge on any atom is 0.292 e. The van der Waals surface area contributed by atoms with E-state index in [2.05, 4.69) is 28.2 Å². The number of halogens is 1. The molecule has 0 spiro atoms. The Kier molecular flexibility index (Phi) is 4.21. The molecule has 2 atom stereocenters. The second-order valence-corrected chi connectivity index (χ2v) is 7.01. The predicted molar refractivity (Wildman–Crippen MR) is 98.6 cm³/mol. The lowest BCUT2D eigenvalue weighted by molar-refractivity contribution is -0.0716. The van der Waals surface area contributed by atoms with Crippen molar-refractivity contribution >= 4 is 17.3 Å². The van der Waals surface area contributed by atoms with Gasteiger partial charge in [-0.3, -0.25) is 4.98 Å². The zero-order valence-electron chi connectivity index (χ0n) is 14.5. The van der Waals surface area contributed by atoms with Gasteiger partial charge in [0.2, 0.25) is 0 Å². The van der Waals surface area contributed by atoms with Crippen molar-refractivity contribution in [3.63, 3.8) is 0 Å². The molecule has 0 saturated carbocycles. The summed E-state index contributed by atoms with van der Waals surface area (Å²) in [5.74, 6) is 0.603. The summed E-state index contributed by atoms with van der Waals surface area (Å²) in [6, 6.07) is 10.2. The number of nitrogens with one attached hydrogen (secondary N) is 1. The fourth-order valence-electron chi connectivity index (χ4n) is 3.53. The van der Waals surface area contributed by atoms with Gasteiger partial charge >= 0.3 is 0 Å². The van der Waals surface area contributed by atoms with Gasteiger partial charge in [0.25, 0.3) is 5.79 Å². The average molecular weight is 360 g/mol. The largest absolute Gasteiger partial charge is 0.443 e. The summed E-state index contributed by atoms with van der Waals surface area (Å²) >= 11 is 5.95. The molecule has 0 bridgehead atoms. The van der Waals surface area contributed by atoms with Gasteiger partial charge in [0.15, 0.2) is 11.5 Å². The standard InChI is InChI=1S/C19H22ClN3O2/c1-3-14-12-21-9-10-23(14)15-5-4-6-16-18(15)25-19(2,24-16)17-8-7-13(20)11-22-17/h4-8,11,14,21H,3,9-10,12H2,1-2H3. The Labute approximate surface area is 152 Å². The van der Waals surface area contributed by atoms with Gasteiger partial charge < -0.3 is 19.7 Å². The summed E-state index contributed by atoms with van der Waals surface area (Å²) in [5.41, 5.74) is 1.79. The van der Waals surface area contributed by atoms with Crippen LogP contribution in [0, 0.1) is 0 Å². The van der Waals surface area contributed by atoms with Crippen molar-refractivity contribution < 1.29 is 9.47 Å². The van der Waals surface area contributed by atoms with E-state index in [1.54, 1.807) is 12.3 Å². The molecule has 0 amide bonds. The third-order valence-corrected chi connectivity index (χ3v) is 5.11. The number of piperazine rings is 1. The summed E-state index contributed by atoms with van der Waals surface area (Å²) in [7, 11) is 0. The van der Waals surface area contributed by atoms with E-state index < -0.39 is 5.79 Å². The number of nitrogens with zero attached hydrogens (tertiary/aromatic N) is 2. The van der Waals surface area contributed by atoms with Gasteiger partial charge in [0.05, 0.1) is 10.7 Å². The molecule has 2 aromatic rings. The summed E-state index contributed by atoms with van der Waals surface area (Å²) in [5, 5.41) is 4.06. The number of para-hydroxylation sites is 1. The van der Waals surface area contributed by atoms with Gasteiger partial charge in [0, 0.05) is 38.8 Å². The van der Waals surface area contributed by atoms with Crippen molar-refractivity contribution in [2.45, 2.75) is 32.1 Å². The van der Waals surface area contributed by atoms with Crippen molar-refractivity contribution in [1.82, 2.24) is 10.3 Å². The minimum absolute atomic E-state index is 0.448. The molecule has 1 aromatic carbocycles. The number of ether oxygens (including phenoxy) is 2. The van der Waals surface area contributed by atoms with Crippen LogP contribution in [0.25, 0.3) is 0 Å². The molecular formula is C19H22ClN3O2. The summed E-state index contributed by atoms with van der Waals surface area (Å²) in [6.07, 6.45) is 2.69. The zero-order chi connectivity index (χ0) is 17.4. The van der Waals surface area contributed by atoms with Crippen molar-refractivity contribution in [3.05, 3.63) is 47.2 Å². The zero-order valence-corrected chi connectivity index (χ0v) is 15.2. The number of anilines is 1. The molecule has 1 fully saturated rings. The van der Waals surface area contributed by atoms with Gasteiger partial charge in [-0.2, -0.15) is 0 Å². The third kappa shape index (κ3) is 2.92. The number of aromatic nitrogens is 1. The van der Waals surface area contributed by atoms with Crippen LogP contribution in [-0.4, -0.2) is 30.7 Å². The second kappa shape index (κ2) is 6.39. The minimum Gasteiger partial charge on any atom is -0.443 e. The van der Waals surface area contributed by atoms with E-state index in [-0.39, 0.29) is 0 Å². The molecule has 0 aliphatic carbocycles. The highest BCUT2D eigenvalue weighted by Crippen LogP contribution is 2.49. The number of benzene rings is 1. The first-order valence-electron chi connectivity index (χ1n) is 8.71. The summed E-state index contributed by atoms with van der Waals surface area (Å²) < 4.78 is 12.5. The fraction of sp³-hybridized carbons (Fsp3) is 0.421. The van der Waals surface area contributed by atoms with E-state index in [4.69, 9.17) is 21.1 Å². The molecule has 2 unspecified atom stereocenters. The van der Waals surface area contributed by atoms with E-state index in [0.29, 0.717) is 16.8 Å². The lowest BCUT2D eigenvalue weighted by Crippen LogP contribution is -2.51. The van der Waals surface area contributed by atoms with Crippen LogP contribution in [0.15, 0.2) is 36.5 Å². The molecule has 25 heavy (non-hydrogen) atoms. The van der Waals surface area contributed by atoms with Crippen LogP contribution in [0.1, 0.15) is 26.0 Å². The van der Waals surface area contributed by atoms with Crippen LogP contribution in [-0.2, 0) is 5.79 Å². The van der Waals surface area contributed by atoms with Crippen LogP contribution in [0.4, 0.5) is 5.69 Å². The number of fused-ring (bicyclic) bond motifs is 1. The van der Waals surface area contributed by atoms with Gasteiger partial charge in [-0.15, -0.1) is 0 Å². The van der Waals surface area contributed by atoms with E-state index in [1.807, 2.05) is 25.1 Å².